The molecule has 9 heteroatoms. The molecule has 0 radical (unpaired) electrons. The first-order valence-electron chi connectivity index (χ1n) is 7.24. The summed E-state index contributed by atoms with van der Waals surface area (Å²) in [6.07, 6.45) is -3.87. The van der Waals surface area contributed by atoms with Gasteiger partial charge in [0.2, 0.25) is 0 Å². The molecule has 0 bridgehead atoms. The van der Waals surface area contributed by atoms with Crippen LogP contribution in [-0.2, 0) is 6.18 Å². The zero-order valence-electron chi connectivity index (χ0n) is 12.9. The van der Waals surface area contributed by atoms with E-state index in [0.29, 0.717) is 19.0 Å². The molecule has 0 atom stereocenters. The van der Waals surface area contributed by atoms with Crippen molar-refractivity contribution in [2.75, 3.05) is 5.32 Å². The molecule has 1 amide bonds. The normalized spacial score (nSPS) is 11.4. The van der Waals surface area contributed by atoms with Gasteiger partial charge in [0, 0.05) is 8.59 Å². The van der Waals surface area contributed by atoms with Crippen LogP contribution in [0.15, 0.2) is 54.7 Å². The van der Waals surface area contributed by atoms with Crippen molar-refractivity contribution in [1.29, 1.82) is 0 Å². The van der Waals surface area contributed by atoms with E-state index in [1.807, 2.05) is 22.6 Å². The second-order valence-corrected chi connectivity index (χ2v) is 6.83. The Labute approximate surface area is 165 Å². The maximum Gasteiger partial charge on any atom is 0.434 e. The van der Waals surface area contributed by atoms with Crippen molar-refractivity contribution < 1.29 is 18.0 Å². The Morgan fingerprint density at radius 2 is 1.77 bits per heavy atom. The number of benzene rings is 2. The predicted molar refractivity (Wildman–Crippen MR) is 101 cm³/mol. The highest BCUT2D eigenvalue weighted by molar-refractivity contribution is 14.1. The Morgan fingerprint density at radius 3 is 2.38 bits per heavy atom. The molecule has 26 heavy (non-hydrogen) atoms. The second kappa shape index (κ2) is 7.28. The van der Waals surface area contributed by atoms with E-state index in [4.69, 9.17) is 11.6 Å². The van der Waals surface area contributed by atoms with E-state index in [9.17, 15) is 18.0 Å². The fraction of sp³-hybridized carbons (Fsp3) is 0.0588. The third kappa shape index (κ3) is 3.85. The van der Waals surface area contributed by atoms with Crippen LogP contribution < -0.4 is 5.32 Å². The summed E-state index contributed by atoms with van der Waals surface area (Å²) in [5, 5.41) is 6.63. The highest BCUT2D eigenvalue weighted by Crippen LogP contribution is 2.34. The Bertz CT molecular complexity index is 955. The third-order valence-electron chi connectivity index (χ3n) is 3.48. The molecule has 4 nitrogen and oxygen atoms in total. The Balaban J connectivity index is 2.04. The number of aromatic nitrogens is 2. The molecule has 0 unspecified atom stereocenters. The topological polar surface area (TPSA) is 46.9 Å². The van der Waals surface area contributed by atoms with Gasteiger partial charge in [0.1, 0.15) is 0 Å². The molecule has 2 aromatic carbocycles. The van der Waals surface area contributed by atoms with Crippen LogP contribution in [-0.4, -0.2) is 15.7 Å². The molecular weight excluding hydrogens is 482 g/mol. The lowest BCUT2D eigenvalue weighted by Gasteiger charge is -2.13. The van der Waals surface area contributed by atoms with Crippen LogP contribution in [0.5, 0.6) is 0 Å². The van der Waals surface area contributed by atoms with Crippen molar-refractivity contribution in [2.24, 2.45) is 0 Å². The SMILES string of the molecule is O=C(Nc1ccccc1I)c1cnn(-c2ccc(Cl)cc2)c1C(F)(F)F. The van der Waals surface area contributed by atoms with Gasteiger partial charge in [-0.2, -0.15) is 18.3 Å². The van der Waals surface area contributed by atoms with Crippen molar-refractivity contribution in [1.82, 2.24) is 9.78 Å². The number of carbonyl (C=O) groups excluding carboxylic acids is 1. The van der Waals surface area contributed by atoms with E-state index in [0.717, 1.165) is 6.20 Å². The van der Waals surface area contributed by atoms with Crippen LogP contribution in [0, 0.1) is 3.57 Å². The smallest absolute Gasteiger partial charge is 0.321 e. The number of alkyl halides is 3. The predicted octanol–water partition coefficient (Wildman–Crippen LogP) is 5.40. The lowest BCUT2D eigenvalue weighted by atomic mass is 10.2. The summed E-state index contributed by atoms with van der Waals surface area (Å²) in [5.74, 6) is -0.887. The van der Waals surface area contributed by atoms with Crippen LogP contribution in [0.25, 0.3) is 5.69 Å². The van der Waals surface area contributed by atoms with Crippen LogP contribution >= 0.6 is 34.2 Å². The molecule has 0 aliphatic rings. The van der Waals surface area contributed by atoms with Gasteiger partial charge in [0.15, 0.2) is 5.69 Å². The van der Waals surface area contributed by atoms with E-state index >= 15 is 0 Å². The minimum atomic E-state index is -4.77. The number of hydrogen-bond acceptors (Lipinski definition) is 2. The van der Waals surface area contributed by atoms with Gasteiger partial charge >= 0.3 is 6.18 Å². The highest BCUT2D eigenvalue weighted by Gasteiger charge is 2.40. The molecule has 1 aromatic heterocycles. The summed E-state index contributed by atoms with van der Waals surface area (Å²) in [6.45, 7) is 0. The van der Waals surface area contributed by atoms with Gasteiger partial charge < -0.3 is 5.32 Å². The first kappa shape index (κ1) is 18.7. The van der Waals surface area contributed by atoms with E-state index in [-0.39, 0.29) is 5.69 Å². The largest absolute Gasteiger partial charge is 0.434 e. The summed E-state index contributed by atoms with van der Waals surface area (Å²) < 4.78 is 42.2. The van der Waals surface area contributed by atoms with Gasteiger partial charge in [0.05, 0.1) is 23.1 Å². The van der Waals surface area contributed by atoms with Gasteiger partial charge in [-0.25, -0.2) is 4.68 Å². The van der Waals surface area contributed by atoms with E-state index in [1.165, 1.54) is 24.3 Å². The summed E-state index contributed by atoms with van der Waals surface area (Å²) in [4.78, 5) is 12.4. The molecule has 0 saturated carbocycles. The fourth-order valence-electron chi connectivity index (χ4n) is 2.32. The number of nitrogens with one attached hydrogen (secondary N) is 1. The van der Waals surface area contributed by atoms with Crippen LogP contribution in [0.4, 0.5) is 18.9 Å². The average Bonchev–Trinajstić information content (AvgIpc) is 3.03. The minimum absolute atomic E-state index is 0.148. The van der Waals surface area contributed by atoms with E-state index < -0.39 is 23.3 Å². The van der Waals surface area contributed by atoms with Crippen LogP contribution in [0.2, 0.25) is 5.02 Å². The molecular formula is C17H10ClF3IN3O. The summed E-state index contributed by atoms with van der Waals surface area (Å²) in [7, 11) is 0. The Morgan fingerprint density at radius 1 is 1.12 bits per heavy atom. The second-order valence-electron chi connectivity index (χ2n) is 5.23. The number of halogens is 5. The maximum atomic E-state index is 13.6. The molecule has 0 fully saturated rings. The zero-order valence-corrected chi connectivity index (χ0v) is 15.8. The molecule has 1 N–H and O–H groups in total. The molecule has 134 valence electrons. The number of carbonyl (C=O) groups is 1. The van der Waals surface area contributed by atoms with Gasteiger partial charge in [-0.1, -0.05) is 23.7 Å². The lowest BCUT2D eigenvalue weighted by molar-refractivity contribution is -0.143. The summed E-state index contributed by atoms with van der Waals surface area (Å²) >= 11 is 7.76. The van der Waals surface area contributed by atoms with Gasteiger partial charge in [0.25, 0.3) is 5.91 Å². The fourth-order valence-corrected chi connectivity index (χ4v) is 2.97. The molecule has 0 saturated heterocycles. The highest BCUT2D eigenvalue weighted by atomic mass is 127. The molecule has 0 aliphatic heterocycles. The lowest BCUT2D eigenvalue weighted by Crippen LogP contribution is -2.21. The standard InChI is InChI=1S/C17H10ClF3IN3O/c18-10-5-7-11(8-6-10)25-15(17(19,20)21)12(9-23-25)16(26)24-14-4-2-1-3-13(14)22/h1-9H,(H,24,26). The minimum Gasteiger partial charge on any atom is -0.321 e. The molecule has 0 aliphatic carbocycles. The molecule has 3 aromatic rings. The van der Waals surface area contributed by atoms with Crippen molar-refractivity contribution >= 4 is 45.8 Å². The molecule has 3 rings (SSSR count). The first-order chi connectivity index (χ1) is 12.3. The average molecular weight is 492 g/mol. The Kier molecular flexibility index (Phi) is 5.24. The zero-order chi connectivity index (χ0) is 18.9. The van der Waals surface area contributed by atoms with Gasteiger partial charge in [-0.05, 0) is 59.0 Å². The number of para-hydroxylation sites is 1. The van der Waals surface area contributed by atoms with Crippen molar-refractivity contribution in [3.8, 4) is 5.69 Å². The summed E-state index contributed by atoms with van der Waals surface area (Å²) in [6, 6.07) is 12.5. The molecule has 0 spiro atoms. The third-order valence-corrected chi connectivity index (χ3v) is 4.67. The van der Waals surface area contributed by atoms with E-state index in [2.05, 4.69) is 10.4 Å². The maximum absolute atomic E-state index is 13.6. The monoisotopic (exact) mass is 491 g/mol. The van der Waals surface area contributed by atoms with E-state index in [1.54, 1.807) is 24.3 Å². The summed E-state index contributed by atoms with van der Waals surface area (Å²) in [5.41, 5.74) is -1.14. The quantitative estimate of drug-likeness (QED) is 0.499. The Hall–Kier alpha value is -2.07. The number of anilines is 1. The number of hydrogen-bond donors (Lipinski definition) is 1. The van der Waals surface area contributed by atoms with Crippen LogP contribution in [0.1, 0.15) is 16.1 Å². The van der Waals surface area contributed by atoms with Crippen molar-refractivity contribution in [3.05, 3.63) is 74.6 Å². The number of nitrogens with zero attached hydrogens (tertiary/aromatic N) is 2. The number of rotatable bonds is 3. The van der Waals surface area contributed by atoms with Gasteiger partial charge in [-0.3, -0.25) is 4.79 Å². The van der Waals surface area contributed by atoms with Gasteiger partial charge in [-0.15, -0.1) is 0 Å². The molecule has 1 heterocycles. The van der Waals surface area contributed by atoms with Crippen molar-refractivity contribution in [2.45, 2.75) is 6.18 Å². The first-order valence-corrected chi connectivity index (χ1v) is 8.70. The van der Waals surface area contributed by atoms with Crippen molar-refractivity contribution in [3.63, 3.8) is 0 Å². The van der Waals surface area contributed by atoms with Crippen LogP contribution in [0.3, 0.4) is 0 Å². The number of amides is 1.